The molecule has 0 unspecified atom stereocenters. The Kier molecular flexibility index (Phi) is 5.80. The van der Waals surface area contributed by atoms with Crippen molar-refractivity contribution < 1.29 is 17.9 Å². The van der Waals surface area contributed by atoms with Crippen molar-refractivity contribution in [2.75, 3.05) is 13.1 Å². The van der Waals surface area contributed by atoms with E-state index < -0.39 is 15.9 Å². The maximum atomic E-state index is 13.1. The van der Waals surface area contributed by atoms with E-state index in [2.05, 4.69) is 10.0 Å². The second-order valence-corrected chi connectivity index (χ2v) is 9.30. The zero-order valence-corrected chi connectivity index (χ0v) is 18.2. The Balaban J connectivity index is 1.45. The van der Waals surface area contributed by atoms with E-state index in [4.69, 9.17) is 4.74 Å². The van der Waals surface area contributed by atoms with Gasteiger partial charge in [-0.3, -0.25) is 4.79 Å². The first-order chi connectivity index (χ1) is 14.9. The van der Waals surface area contributed by atoms with E-state index in [1.54, 1.807) is 19.1 Å². The summed E-state index contributed by atoms with van der Waals surface area (Å²) in [7, 11) is -3.65. The number of sulfonamides is 1. The third-order valence-corrected chi connectivity index (χ3v) is 6.89. The fourth-order valence-electron chi connectivity index (χ4n) is 3.74. The van der Waals surface area contributed by atoms with Gasteiger partial charge in [0, 0.05) is 24.2 Å². The van der Waals surface area contributed by atoms with Crippen molar-refractivity contribution in [1.82, 2.24) is 10.0 Å². The van der Waals surface area contributed by atoms with Crippen LogP contribution in [0.4, 0.5) is 0 Å². The first kappa shape index (κ1) is 21.1. The molecule has 3 aromatic carbocycles. The van der Waals surface area contributed by atoms with Crippen molar-refractivity contribution in [2.45, 2.75) is 24.7 Å². The number of amides is 1. The molecule has 31 heavy (non-hydrogen) atoms. The lowest BCUT2D eigenvalue weighted by molar-refractivity contribution is -0.121. The minimum absolute atomic E-state index is 0.0912. The monoisotopic (exact) mass is 436 g/mol. The molecule has 160 valence electrons. The summed E-state index contributed by atoms with van der Waals surface area (Å²) in [6, 6.07) is 20.2. The quantitative estimate of drug-likeness (QED) is 0.578. The summed E-state index contributed by atoms with van der Waals surface area (Å²) >= 11 is 0. The number of para-hydroxylation sites is 2. The molecular weight excluding hydrogens is 412 g/mol. The molecule has 2 N–H and O–H groups in total. The number of carbonyl (C=O) groups excluding carboxylic acids is 1. The molecular formula is C24H24N2O4S. The number of fused-ring (bicyclic) bond motifs is 2. The van der Waals surface area contributed by atoms with Gasteiger partial charge in [0.1, 0.15) is 11.5 Å². The third kappa shape index (κ3) is 4.33. The summed E-state index contributed by atoms with van der Waals surface area (Å²) in [4.78, 5) is 13.3. The lowest BCUT2D eigenvalue weighted by Gasteiger charge is -2.27. The summed E-state index contributed by atoms with van der Waals surface area (Å²) in [6.45, 7) is 3.87. The molecule has 1 aliphatic rings. The largest absolute Gasteiger partial charge is 0.457 e. The zero-order chi connectivity index (χ0) is 22.0. The number of ether oxygens (including phenoxy) is 1. The van der Waals surface area contributed by atoms with Gasteiger partial charge in [0.25, 0.3) is 0 Å². The van der Waals surface area contributed by atoms with Gasteiger partial charge in [-0.15, -0.1) is 0 Å². The van der Waals surface area contributed by atoms with E-state index in [-0.39, 0.29) is 23.9 Å². The van der Waals surface area contributed by atoms with Crippen molar-refractivity contribution in [3.63, 3.8) is 0 Å². The van der Waals surface area contributed by atoms with E-state index in [0.717, 1.165) is 16.7 Å². The number of nitrogens with one attached hydrogen (secondary N) is 2. The van der Waals surface area contributed by atoms with Gasteiger partial charge in [0.05, 0.1) is 10.8 Å². The van der Waals surface area contributed by atoms with Crippen LogP contribution in [0.3, 0.4) is 0 Å². The minimum atomic E-state index is -3.65. The predicted molar refractivity (Wildman–Crippen MR) is 119 cm³/mol. The van der Waals surface area contributed by atoms with Crippen LogP contribution in [0.1, 0.15) is 28.2 Å². The number of rotatable bonds is 6. The number of benzene rings is 3. The Labute approximate surface area is 182 Å². The van der Waals surface area contributed by atoms with Crippen molar-refractivity contribution in [1.29, 1.82) is 0 Å². The van der Waals surface area contributed by atoms with Crippen LogP contribution in [0.5, 0.6) is 11.5 Å². The molecule has 7 heteroatoms. The van der Waals surface area contributed by atoms with Crippen LogP contribution < -0.4 is 14.8 Å². The molecule has 0 atom stereocenters. The fourth-order valence-corrected chi connectivity index (χ4v) is 5.10. The van der Waals surface area contributed by atoms with E-state index in [1.807, 2.05) is 61.5 Å². The van der Waals surface area contributed by atoms with Crippen molar-refractivity contribution in [3.05, 3.63) is 89.0 Å². The van der Waals surface area contributed by atoms with E-state index >= 15 is 0 Å². The summed E-state index contributed by atoms with van der Waals surface area (Å²) < 4.78 is 33.8. The maximum Gasteiger partial charge on any atom is 0.240 e. The number of hydrogen-bond donors (Lipinski definition) is 2. The van der Waals surface area contributed by atoms with Crippen LogP contribution in [-0.2, 0) is 14.8 Å². The highest BCUT2D eigenvalue weighted by Crippen LogP contribution is 2.43. The lowest BCUT2D eigenvalue weighted by atomic mass is 9.87. The Hall–Kier alpha value is -3.16. The maximum absolute atomic E-state index is 13.1. The fraction of sp³-hybridized carbons (Fsp3) is 0.208. The molecule has 6 nitrogen and oxygen atoms in total. The molecule has 0 fully saturated rings. The van der Waals surface area contributed by atoms with Crippen LogP contribution in [0, 0.1) is 13.8 Å². The third-order valence-electron chi connectivity index (χ3n) is 5.29. The summed E-state index contributed by atoms with van der Waals surface area (Å²) in [5, 5.41) is 2.86. The van der Waals surface area contributed by atoms with Crippen molar-refractivity contribution >= 4 is 15.9 Å². The molecule has 1 amide bonds. The Morgan fingerprint density at radius 1 is 0.903 bits per heavy atom. The molecule has 0 radical (unpaired) electrons. The van der Waals surface area contributed by atoms with Gasteiger partial charge >= 0.3 is 0 Å². The molecule has 0 aliphatic carbocycles. The van der Waals surface area contributed by atoms with Gasteiger partial charge in [-0.05, 0) is 43.2 Å². The molecule has 1 heterocycles. The average molecular weight is 437 g/mol. The standard InChI is InChI=1S/C24H24N2O4S/c1-16-11-12-17(2)22(15-16)31(28,29)26-14-13-25-24(27)23-18-7-3-5-9-20(18)30-21-10-6-4-8-19(21)23/h3-12,15,23,26H,13-14H2,1-2H3,(H,25,27). The summed E-state index contributed by atoms with van der Waals surface area (Å²) in [6.07, 6.45) is 0. The van der Waals surface area contributed by atoms with Crippen LogP contribution in [0.25, 0.3) is 0 Å². The van der Waals surface area contributed by atoms with E-state index in [0.29, 0.717) is 17.1 Å². The highest BCUT2D eigenvalue weighted by Gasteiger charge is 2.32. The summed E-state index contributed by atoms with van der Waals surface area (Å²) in [5.41, 5.74) is 3.12. The second-order valence-electron chi connectivity index (χ2n) is 7.57. The first-order valence-electron chi connectivity index (χ1n) is 10.1. The zero-order valence-electron chi connectivity index (χ0n) is 17.4. The van der Waals surface area contributed by atoms with Crippen LogP contribution >= 0.6 is 0 Å². The van der Waals surface area contributed by atoms with Crippen LogP contribution in [0.2, 0.25) is 0 Å². The van der Waals surface area contributed by atoms with Crippen LogP contribution in [0.15, 0.2) is 71.6 Å². The topological polar surface area (TPSA) is 84.5 Å². The normalized spacial score (nSPS) is 13.1. The van der Waals surface area contributed by atoms with Crippen molar-refractivity contribution in [3.8, 4) is 11.5 Å². The molecule has 0 saturated heterocycles. The summed E-state index contributed by atoms with van der Waals surface area (Å²) in [5.74, 6) is 0.583. The van der Waals surface area contributed by atoms with Gasteiger partial charge in [-0.2, -0.15) is 0 Å². The molecule has 4 rings (SSSR count). The van der Waals surface area contributed by atoms with Gasteiger partial charge in [-0.25, -0.2) is 13.1 Å². The van der Waals surface area contributed by atoms with Gasteiger partial charge < -0.3 is 10.1 Å². The average Bonchev–Trinajstić information content (AvgIpc) is 2.76. The smallest absolute Gasteiger partial charge is 0.240 e. The van der Waals surface area contributed by atoms with E-state index in [9.17, 15) is 13.2 Å². The Bertz CT molecular complexity index is 1190. The van der Waals surface area contributed by atoms with Crippen LogP contribution in [-0.4, -0.2) is 27.4 Å². The Morgan fingerprint density at radius 2 is 1.52 bits per heavy atom. The molecule has 0 bridgehead atoms. The number of hydrogen-bond acceptors (Lipinski definition) is 4. The predicted octanol–water partition coefficient (Wildman–Crippen LogP) is 3.64. The molecule has 0 aromatic heterocycles. The lowest BCUT2D eigenvalue weighted by Crippen LogP contribution is -2.38. The first-order valence-corrected chi connectivity index (χ1v) is 11.6. The Morgan fingerprint density at radius 3 is 2.16 bits per heavy atom. The SMILES string of the molecule is Cc1ccc(C)c(S(=O)(=O)NCCNC(=O)C2c3ccccc3Oc3ccccc32)c1. The number of carbonyl (C=O) groups is 1. The molecule has 0 spiro atoms. The second kappa shape index (κ2) is 8.53. The van der Waals surface area contributed by atoms with Crippen molar-refractivity contribution in [2.24, 2.45) is 0 Å². The molecule has 1 aliphatic heterocycles. The highest BCUT2D eigenvalue weighted by molar-refractivity contribution is 7.89. The molecule has 0 saturated carbocycles. The van der Waals surface area contributed by atoms with Gasteiger partial charge in [0.2, 0.25) is 15.9 Å². The van der Waals surface area contributed by atoms with Gasteiger partial charge in [-0.1, -0.05) is 48.5 Å². The van der Waals surface area contributed by atoms with Gasteiger partial charge in [0.15, 0.2) is 0 Å². The number of aryl methyl sites for hydroxylation is 2. The minimum Gasteiger partial charge on any atom is -0.457 e. The van der Waals surface area contributed by atoms with E-state index in [1.165, 1.54) is 0 Å². The highest BCUT2D eigenvalue weighted by atomic mass is 32.2. The molecule has 3 aromatic rings.